The molecule has 0 bridgehead atoms. The zero-order valence-corrected chi connectivity index (χ0v) is 10.4. The second-order valence-corrected chi connectivity index (χ2v) is 3.45. The predicted octanol–water partition coefficient (Wildman–Crippen LogP) is -0.408. The van der Waals surface area contributed by atoms with E-state index in [1.54, 1.807) is 13.8 Å². The molecule has 0 atom stereocenters. The van der Waals surface area contributed by atoms with Crippen molar-refractivity contribution in [1.29, 1.82) is 0 Å². The van der Waals surface area contributed by atoms with Crippen LogP contribution in [0.4, 0.5) is 0 Å². The zero-order chi connectivity index (χ0) is 13.9. The first-order valence-electron chi connectivity index (χ1n) is 4.71. The van der Waals surface area contributed by atoms with Crippen LogP contribution >= 0.6 is 0 Å². The van der Waals surface area contributed by atoms with Crippen LogP contribution in [0.15, 0.2) is 0 Å². The molecule has 0 aromatic carbocycles. The summed E-state index contributed by atoms with van der Waals surface area (Å²) < 4.78 is 40.8. The first kappa shape index (κ1) is 22.9. The maximum atomic E-state index is 10.7. The Morgan fingerprint density at radius 2 is 1.17 bits per heavy atom. The molecular weight excluding hydrogens is 279 g/mol. The van der Waals surface area contributed by atoms with Gasteiger partial charge in [-0.05, 0) is 13.8 Å². The number of ether oxygens (including phenoxy) is 2. The predicted molar refractivity (Wildman–Crippen MR) is 63.8 cm³/mol. The van der Waals surface area contributed by atoms with Crippen molar-refractivity contribution < 1.29 is 36.6 Å². The monoisotopic (exact) mass is 296 g/mol. The van der Waals surface area contributed by atoms with E-state index in [9.17, 15) is 9.59 Å². The van der Waals surface area contributed by atoms with Crippen molar-refractivity contribution in [2.45, 2.75) is 26.7 Å². The molecule has 2 N–H and O–H groups in total. The topological polar surface area (TPSA) is 127 Å². The molecule has 0 aromatic heterocycles. The number of carbonyl (C=O) groups is 2. The van der Waals surface area contributed by atoms with Crippen LogP contribution in [0.25, 0.3) is 0 Å². The molecule has 0 aliphatic heterocycles. The summed E-state index contributed by atoms with van der Waals surface area (Å²) in [6, 6.07) is 0. The van der Waals surface area contributed by atoms with Crippen molar-refractivity contribution in [2.75, 3.05) is 13.2 Å². The van der Waals surface area contributed by atoms with Crippen LogP contribution in [0, 0.1) is 0 Å². The van der Waals surface area contributed by atoms with Crippen LogP contribution in [0.2, 0.25) is 0 Å². The summed E-state index contributed by atoms with van der Waals surface area (Å²) in [5.74, 6) is -0.712. The van der Waals surface area contributed by atoms with Gasteiger partial charge in [0.1, 0.15) is 0 Å². The molecule has 18 heavy (non-hydrogen) atoms. The Bertz CT molecular complexity index is 300. The van der Waals surface area contributed by atoms with Gasteiger partial charge in [0.15, 0.2) is 0 Å². The van der Waals surface area contributed by atoms with E-state index in [4.69, 9.17) is 17.5 Å². The van der Waals surface area contributed by atoms with E-state index in [0.29, 0.717) is 13.2 Å². The summed E-state index contributed by atoms with van der Waals surface area (Å²) in [6.45, 7) is 4.15. The summed E-state index contributed by atoms with van der Waals surface area (Å²) in [4.78, 5) is 21.4. The molecular formula is C8H17NaO8S. The Balaban J connectivity index is -0.000000321. The van der Waals surface area contributed by atoms with E-state index in [0.717, 1.165) is 0 Å². The molecule has 0 aliphatic rings. The van der Waals surface area contributed by atoms with Crippen LogP contribution in [0.1, 0.15) is 26.7 Å². The average Bonchev–Trinajstić information content (AvgIpc) is 2.13. The van der Waals surface area contributed by atoms with Crippen molar-refractivity contribution in [3.05, 3.63) is 0 Å². The zero-order valence-electron chi connectivity index (χ0n) is 9.58. The summed E-state index contributed by atoms with van der Waals surface area (Å²) in [5.41, 5.74) is 0. The van der Waals surface area contributed by atoms with Crippen LogP contribution < -0.4 is 0 Å². The van der Waals surface area contributed by atoms with Gasteiger partial charge in [-0.15, -0.1) is 0 Å². The molecule has 0 saturated heterocycles. The molecule has 10 heteroatoms. The molecule has 0 heterocycles. The molecule has 0 aromatic rings. The Morgan fingerprint density at radius 1 is 0.944 bits per heavy atom. The van der Waals surface area contributed by atoms with Crippen molar-refractivity contribution in [3.8, 4) is 0 Å². The number of hydrogen-bond acceptors (Lipinski definition) is 6. The third kappa shape index (κ3) is 29.7. The Labute approximate surface area is 128 Å². The van der Waals surface area contributed by atoms with Gasteiger partial charge >= 0.3 is 51.9 Å². The maximum absolute atomic E-state index is 10.7. The van der Waals surface area contributed by atoms with E-state index in [1.807, 2.05) is 0 Å². The Morgan fingerprint density at radius 3 is 1.33 bits per heavy atom. The number of hydrogen-bond donors (Lipinski definition) is 2. The minimum atomic E-state index is -4.67. The first-order valence-corrected chi connectivity index (χ1v) is 6.11. The Hall–Kier alpha value is -0.190. The van der Waals surface area contributed by atoms with Gasteiger partial charge in [0, 0.05) is 0 Å². The molecule has 0 amide bonds. The SMILES string of the molecule is CCOC(=O)CCC(=O)OCC.O=S(=O)(O)O.[NaH]. The molecule has 0 rings (SSSR count). The van der Waals surface area contributed by atoms with E-state index in [1.165, 1.54) is 0 Å². The molecule has 0 spiro atoms. The molecule has 8 nitrogen and oxygen atoms in total. The van der Waals surface area contributed by atoms with Crippen LogP contribution in [0.3, 0.4) is 0 Å². The van der Waals surface area contributed by atoms with Crippen molar-refractivity contribution in [1.82, 2.24) is 0 Å². The van der Waals surface area contributed by atoms with Gasteiger partial charge in [0.25, 0.3) is 0 Å². The first-order chi connectivity index (χ1) is 7.70. The third-order valence-corrected chi connectivity index (χ3v) is 1.14. The molecule has 0 unspecified atom stereocenters. The third-order valence-electron chi connectivity index (χ3n) is 1.14. The fourth-order valence-corrected chi connectivity index (χ4v) is 0.670. The molecule has 0 aliphatic carbocycles. The number of carbonyl (C=O) groups excluding carboxylic acids is 2. The average molecular weight is 296 g/mol. The Kier molecular flexibility index (Phi) is 16.9. The van der Waals surface area contributed by atoms with Crippen molar-refractivity contribution in [2.24, 2.45) is 0 Å². The summed E-state index contributed by atoms with van der Waals surface area (Å²) >= 11 is 0. The van der Waals surface area contributed by atoms with Crippen molar-refractivity contribution in [3.63, 3.8) is 0 Å². The summed E-state index contributed by atoms with van der Waals surface area (Å²) in [5, 5.41) is 0. The second kappa shape index (κ2) is 13.2. The number of esters is 2. The van der Waals surface area contributed by atoms with Crippen LogP contribution in [-0.4, -0.2) is 72.2 Å². The van der Waals surface area contributed by atoms with Gasteiger partial charge in [-0.25, -0.2) is 0 Å². The van der Waals surface area contributed by atoms with Gasteiger partial charge in [-0.3, -0.25) is 18.7 Å². The quantitative estimate of drug-likeness (QED) is 0.398. The standard InChI is InChI=1S/C8H14O4.Na.H2O4S.H/c1-3-11-7(9)5-6-8(10)12-4-2;;1-5(2,3)4;/h3-6H2,1-2H3;;(H2,1,2,3,4);. The van der Waals surface area contributed by atoms with Crippen LogP contribution in [-0.2, 0) is 29.5 Å². The van der Waals surface area contributed by atoms with E-state index >= 15 is 0 Å². The fraction of sp³-hybridized carbons (Fsp3) is 0.750. The molecule has 104 valence electrons. The van der Waals surface area contributed by atoms with E-state index in [-0.39, 0.29) is 54.3 Å². The van der Waals surface area contributed by atoms with Gasteiger partial charge in [0.2, 0.25) is 0 Å². The molecule has 0 fully saturated rings. The summed E-state index contributed by atoms with van der Waals surface area (Å²) in [7, 11) is -4.67. The normalized spacial score (nSPS) is 9.33. The van der Waals surface area contributed by atoms with Crippen molar-refractivity contribution >= 4 is 51.9 Å². The minimum absolute atomic E-state index is 0. The fourth-order valence-electron chi connectivity index (χ4n) is 0.670. The second-order valence-electron chi connectivity index (χ2n) is 2.56. The summed E-state index contributed by atoms with van der Waals surface area (Å²) in [6.07, 6.45) is 0.208. The van der Waals surface area contributed by atoms with Crippen LogP contribution in [0.5, 0.6) is 0 Å². The van der Waals surface area contributed by atoms with Gasteiger partial charge in [-0.2, -0.15) is 8.42 Å². The molecule has 0 saturated carbocycles. The molecule has 0 radical (unpaired) electrons. The van der Waals surface area contributed by atoms with Gasteiger partial charge < -0.3 is 9.47 Å². The van der Waals surface area contributed by atoms with Gasteiger partial charge in [-0.1, -0.05) is 0 Å². The van der Waals surface area contributed by atoms with E-state index in [2.05, 4.69) is 9.47 Å². The van der Waals surface area contributed by atoms with Gasteiger partial charge in [0.05, 0.1) is 26.1 Å². The number of rotatable bonds is 5. The van der Waals surface area contributed by atoms with E-state index < -0.39 is 10.4 Å².